The van der Waals surface area contributed by atoms with Crippen molar-refractivity contribution in [1.82, 2.24) is 20.0 Å². The van der Waals surface area contributed by atoms with Gasteiger partial charge in [-0.25, -0.2) is 0 Å². The molecule has 6 heteroatoms. The largest absolute Gasteiger partial charge is 0.322 e. The van der Waals surface area contributed by atoms with E-state index in [1.807, 2.05) is 30.3 Å². The van der Waals surface area contributed by atoms with Gasteiger partial charge in [-0.1, -0.05) is 12.1 Å². The molecular formula is C14H13N5O. The Hall–Kier alpha value is -2.89. The third-order valence-corrected chi connectivity index (χ3v) is 2.92. The Morgan fingerprint density at radius 1 is 1.25 bits per heavy atom. The number of amides is 1. The minimum atomic E-state index is -0.174. The molecule has 0 bridgehead atoms. The number of nitrogens with zero attached hydrogens (tertiary/aromatic N) is 3. The zero-order chi connectivity index (χ0) is 13.9. The van der Waals surface area contributed by atoms with Crippen molar-refractivity contribution in [3.63, 3.8) is 0 Å². The van der Waals surface area contributed by atoms with E-state index in [0.717, 1.165) is 16.9 Å². The first kappa shape index (κ1) is 12.2. The molecule has 0 unspecified atom stereocenters. The van der Waals surface area contributed by atoms with Crippen LogP contribution in [0.15, 0.2) is 48.9 Å². The fourth-order valence-electron chi connectivity index (χ4n) is 1.89. The van der Waals surface area contributed by atoms with Crippen molar-refractivity contribution < 1.29 is 4.79 Å². The lowest BCUT2D eigenvalue weighted by Crippen LogP contribution is -2.10. The average Bonchev–Trinajstić information content (AvgIpc) is 3.10. The summed E-state index contributed by atoms with van der Waals surface area (Å²) >= 11 is 0. The van der Waals surface area contributed by atoms with Gasteiger partial charge in [0.15, 0.2) is 0 Å². The Labute approximate surface area is 115 Å². The summed E-state index contributed by atoms with van der Waals surface area (Å²) < 4.78 is 1.59. The third kappa shape index (κ3) is 2.44. The van der Waals surface area contributed by atoms with Crippen LogP contribution in [0, 0.1) is 0 Å². The molecule has 1 amide bonds. The minimum absolute atomic E-state index is 0.174. The Balaban J connectivity index is 1.74. The molecule has 0 spiro atoms. The van der Waals surface area contributed by atoms with Gasteiger partial charge in [0, 0.05) is 25.1 Å². The smallest absolute Gasteiger partial charge is 0.258 e. The molecule has 0 aliphatic rings. The molecule has 100 valence electrons. The Morgan fingerprint density at radius 2 is 2.05 bits per heavy atom. The van der Waals surface area contributed by atoms with Crippen LogP contribution in [0.5, 0.6) is 0 Å². The van der Waals surface area contributed by atoms with E-state index >= 15 is 0 Å². The highest BCUT2D eigenvalue weighted by Gasteiger charge is 2.08. The second kappa shape index (κ2) is 5.00. The van der Waals surface area contributed by atoms with Crippen LogP contribution in [0.25, 0.3) is 11.3 Å². The van der Waals surface area contributed by atoms with Gasteiger partial charge in [-0.05, 0) is 23.8 Å². The maximum absolute atomic E-state index is 12.0. The number of hydrogen-bond acceptors (Lipinski definition) is 3. The highest BCUT2D eigenvalue weighted by molar-refractivity contribution is 6.04. The second-order valence-corrected chi connectivity index (χ2v) is 4.40. The number of carbonyl (C=O) groups is 1. The normalized spacial score (nSPS) is 10.4. The van der Waals surface area contributed by atoms with Gasteiger partial charge in [0.25, 0.3) is 5.91 Å². The van der Waals surface area contributed by atoms with E-state index in [1.165, 1.54) is 6.20 Å². The van der Waals surface area contributed by atoms with Crippen LogP contribution in [0.4, 0.5) is 5.69 Å². The molecule has 0 saturated heterocycles. The SMILES string of the molecule is Cn1cc(C(=O)Nc2ccc(-c3ccn[nH]3)cc2)cn1. The lowest BCUT2D eigenvalue weighted by atomic mass is 10.1. The van der Waals surface area contributed by atoms with Crippen LogP contribution in [0.3, 0.4) is 0 Å². The van der Waals surface area contributed by atoms with E-state index in [-0.39, 0.29) is 5.91 Å². The summed E-state index contributed by atoms with van der Waals surface area (Å²) in [5.74, 6) is -0.174. The molecule has 0 fully saturated rings. The van der Waals surface area contributed by atoms with E-state index in [2.05, 4.69) is 20.6 Å². The molecule has 3 rings (SSSR count). The van der Waals surface area contributed by atoms with Crippen molar-refractivity contribution in [1.29, 1.82) is 0 Å². The summed E-state index contributed by atoms with van der Waals surface area (Å²) in [6.07, 6.45) is 4.91. The van der Waals surface area contributed by atoms with Crippen LogP contribution in [0.1, 0.15) is 10.4 Å². The van der Waals surface area contributed by atoms with Gasteiger partial charge in [-0.3, -0.25) is 14.6 Å². The monoisotopic (exact) mass is 267 g/mol. The van der Waals surface area contributed by atoms with E-state index in [4.69, 9.17) is 0 Å². The molecule has 3 aromatic rings. The van der Waals surface area contributed by atoms with Crippen LogP contribution >= 0.6 is 0 Å². The van der Waals surface area contributed by atoms with Crippen LogP contribution < -0.4 is 5.32 Å². The summed E-state index contributed by atoms with van der Waals surface area (Å²) in [6, 6.07) is 9.44. The van der Waals surface area contributed by atoms with Gasteiger partial charge in [-0.15, -0.1) is 0 Å². The van der Waals surface area contributed by atoms with Crippen molar-refractivity contribution in [2.45, 2.75) is 0 Å². The van der Waals surface area contributed by atoms with Gasteiger partial charge < -0.3 is 5.32 Å². The zero-order valence-electron chi connectivity index (χ0n) is 10.9. The quantitative estimate of drug-likeness (QED) is 0.762. The lowest BCUT2D eigenvalue weighted by Gasteiger charge is -2.04. The van der Waals surface area contributed by atoms with Gasteiger partial charge in [0.2, 0.25) is 0 Å². The number of hydrogen-bond donors (Lipinski definition) is 2. The number of H-pyrrole nitrogens is 1. The topological polar surface area (TPSA) is 75.6 Å². The summed E-state index contributed by atoms with van der Waals surface area (Å²) in [6.45, 7) is 0. The fourth-order valence-corrected chi connectivity index (χ4v) is 1.89. The highest BCUT2D eigenvalue weighted by Crippen LogP contribution is 2.19. The number of carbonyl (C=O) groups excluding carboxylic acids is 1. The average molecular weight is 267 g/mol. The summed E-state index contributed by atoms with van der Waals surface area (Å²) in [5, 5.41) is 13.6. The van der Waals surface area contributed by atoms with Crippen LogP contribution in [-0.4, -0.2) is 25.9 Å². The molecular weight excluding hydrogens is 254 g/mol. The number of aromatic nitrogens is 4. The highest BCUT2D eigenvalue weighted by atomic mass is 16.1. The number of aromatic amines is 1. The predicted molar refractivity (Wildman–Crippen MR) is 75.2 cm³/mol. The fraction of sp³-hybridized carbons (Fsp3) is 0.0714. The van der Waals surface area contributed by atoms with Crippen LogP contribution in [-0.2, 0) is 7.05 Å². The summed E-state index contributed by atoms with van der Waals surface area (Å²) in [4.78, 5) is 12.0. The first-order valence-corrected chi connectivity index (χ1v) is 6.12. The standard InChI is InChI=1S/C14H13N5O/c1-19-9-11(8-16-19)14(20)17-12-4-2-10(3-5-12)13-6-7-15-18-13/h2-9H,1H3,(H,15,18)(H,17,20). The first-order chi connectivity index (χ1) is 9.72. The molecule has 0 atom stereocenters. The third-order valence-electron chi connectivity index (χ3n) is 2.92. The Bertz CT molecular complexity index is 712. The molecule has 6 nitrogen and oxygen atoms in total. The first-order valence-electron chi connectivity index (χ1n) is 6.12. The zero-order valence-corrected chi connectivity index (χ0v) is 10.9. The lowest BCUT2D eigenvalue weighted by molar-refractivity contribution is 0.102. The van der Waals surface area contributed by atoms with Crippen molar-refractivity contribution in [3.05, 3.63) is 54.5 Å². The molecule has 0 radical (unpaired) electrons. The molecule has 0 aliphatic carbocycles. The number of benzene rings is 1. The van der Waals surface area contributed by atoms with E-state index in [0.29, 0.717) is 5.56 Å². The molecule has 2 heterocycles. The van der Waals surface area contributed by atoms with Crippen molar-refractivity contribution in [2.24, 2.45) is 7.05 Å². The molecule has 0 saturated carbocycles. The maximum Gasteiger partial charge on any atom is 0.258 e. The molecule has 20 heavy (non-hydrogen) atoms. The van der Waals surface area contributed by atoms with Gasteiger partial charge >= 0.3 is 0 Å². The van der Waals surface area contributed by atoms with E-state index in [9.17, 15) is 4.79 Å². The van der Waals surface area contributed by atoms with Crippen molar-refractivity contribution >= 4 is 11.6 Å². The number of nitrogens with one attached hydrogen (secondary N) is 2. The minimum Gasteiger partial charge on any atom is -0.322 e. The molecule has 0 aliphatic heterocycles. The van der Waals surface area contributed by atoms with Gasteiger partial charge in [-0.2, -0.15) is 10.2 Å². The molecule has 2 aromatic heterocycles. The molecule has 2 N–H and O–H groups in total. The Kier molecular flexibility index (Phi) is 3.04. The van der Waals surface area contributed by atoms with Crippen LogP contribution in [0.2, 0.25) is 0 Å². The summed E-state index contributed by atoms with van der Waals surface area (Å²) in [5.41, 5.74) is 3.23. The van der Waals surface area contributed by atoms with Gasteiger partial charge in [0.1, 0.15) is 0 Å². The van der Waals surface area contributed by atoms with E-state index < -0.39 is 0 Å². The van der Waals surface area contributed by atoms with E-state index in [1.54, 1.807) is 24.1 Å². The number of aryl methyl sites for hydroxylation is 1. The van der Waals surface area contributed by atoms with Crippen molar-refractivity contribution in [2.75, 3.05) is 5.32 Å². The maximum atomic E-state index is 12.0. The molecule has 1 aromatic carbocycles. The second-order valence-electron chi connectivity index (χ2n) is 4.40. The van der Waals surface area contributed by atoms with Crippen molar-refractivity contribution in [3.8, 4) is 11.3 Å². The number of anilines is 1. The summed E-state index contributed by atoms with van der Waals surface area (Å²) in [7, 11) is 1.77. The number of rotatable bonds is 3. The van der Waals surface area contributed by atoms with Gasteiger partial charge in [0.05, 0.1) is 17.5 Å². The Morgan fingerprint density at radius 3 is 2.65 bits per heavy atom. The predicted octanol–water partition coefficient (Wildman–Crippen LogP) is 2.06.